The van der Waals surface area contributed by atoms with Crippen LogP contribution in [0.2, 0.25) is 0 Å². The van der Waals surface area contributed by atoms with Crippen LogP contribution in [0.1, 0.15) is 52.4 Å². The van der Waals surface area contributed by atoms with Crippen molar-refractivity contribution in [3.63, 3.8) is 0 Å². The fourth-order valence-corrected chi connectivity index (χ4v) is 5.92. The third kappa shape index (κ3) is 1.72. The Kier molecular flexibility index (Phi) is 2.83. The lowest BCUT2D eigenvalue weighted by Crippen LogP contribution is -2.50. The zero-order valence-corrected chi connectivity index (χ0v) is 13.1. The van der Waals surface area contributed by atoms with Crippen molar-refractivity contribution >= 4 is 5.78 Å². The van der Waals surface area contributed by atoms with Crippen molar-refractivity contribution < 1.29 is 9.90 Å². The minimum atomic E-state index is -0.136. The Morgan fingerprint density at radius 2 is 1.95 bits per heavy atom. The van der Waals surface area contributed by atoms with E-state index < -0.39 is 0 Å². The molecule has 1 N–H and O–H groups in total. The number of aliphatic hydroxyl groups is 1. The zero-order valence-electron chi connectivity index (χ0n) is 13.1. The zero-order chi connectivity index (χ0) is 14.8. The van der Waals surface area contributed by atoms with Gasteiger partial charge in [-0.3, -0.25) is 4.79 Å². The van der Waals surface area contributed by atoms with Crippen molar-refractivity contribution in [3.05, 3.63) is 23.8 Å². The van der Waals surface area contributed by atoms with E-state index in [0.717, 1.165) is 32.1 Å². The highest BCUT2D eigenvalue weighted by Gasteiger charge is 2.57. The summed E-state index contributed by atoms with van der Waals surface area (Å²) in [5.74, 6) is 2.10. The van der Waals surface area contributed by atoms with Crippen LogP contribution in [0.25, 0.3) is 0 Å². The van der Waals surface area contributed by atoms with Gasteiger partial charge in [0.15, 0.2) is 5.78 Å². The van der Waals surface area contributed by atoms with E-state index in [0.29, 0.717) is 23.5 Å². The summed E-state index contributed by atoms with van der Waals surface area (Å²) in [6.07, 6.45) is 12.6. The number of ketones is 1. The fraction of sp³-hybridized carbons (Fsp3) is 0.737. The largest absolute Gasteiger partial charge is 0.393 e. The average Bonchev–Trinajstić information content (AvgIpc) is 2.76. The highest BCUT2D eigenvalue weighted by molar-refractivity contribution is 5.97. The smallest absolute Gasteiger partial charge is 0.161 e. The van der Waals surface area contributed by atoms with Crippen molar-refractivity contribution in [2.75, 3.05) is 0 Å². The summed E-state index contributed by atoms with van der Waals surface area (Å²) in [5.41, 5.74) is 1.64. The summed E-state index contributed by atoms with van der Waals surface area (Å²) in [4.78, 5) is 12.3. The lowest BCUT2D eigenvalue weighted by atomic mass is 9.48. The van der Waals surface area contributed by atoms with E-state index in [2.05, 4.69) is 26.0 Å². The molecule has 21 heavy (non-hydrogen) atoms. The van der Waals surface area contributed by atoms with E-state index in [1.54, 1.807) is 0 Å². The molecular weight excluding hydrogens is 260 g/mol. The third-order valence-electron chi connectivity index (χ3n) is 7.35. The molecule has 4 aliphatic carbocycles. The average molecular weight is 286 g/mol. The highest BCUT2D eigenvalue weighted by Crippen LogP contribution is 2.62. The van der Waals surface area contributed by atoms with Crippen LogP contribution in [0.5, 0.6) is 0 Å². The summed E-state index contributed by atoms with van der Waals surface area (Å²) >= 11 is 0. The molecule has 0 aromatic heterocycles. The van der Waals surface area contributed by atoms with E-state index in [1.807, 2.05) is 6.08 Å². The van der Waals surface area contributed by atoms with Gasteiger partial charge in [-0.05, 0) is 67.8 Å². The van der Waals surface area contributed by atoms with Gasteiger partial charge in [-0.1, -0.05) is 31.6 Å². The molecule has 114 valence electrons. The first-order valence-corrected chi connectivity index (χ1v) is 8.55. The lowest BCUT2D eigenvalue weighted by Gasteiger charge is -2.56. The predicted octanol–water partition coefficient (Wildman–Crippen LogP) is 3.66. The molecule has 0 bridgehead atoms. The van der Waals surface area contributed by atoms with E-state index in [-0.39, 0.29) is 16.9 Å². The molecule has 2 heteroatoms. The summed E-state index contributed by atoms with van der Waals surface area (Å²) in [6, 6.07) is 0. The molecular formula is C19H26O2. The first-order valence-electron chi connectivity index (χ1n) is 8.55. The molecule has 0 radical (unpaired) electrons. The van der Waals surface area contributed by atoms with Gasteiger partial charge < -0.3 is 5.11 Å². The summed E-state index contributed by atoms with van der Waals surface area (Å²) in [6.45, 7) is 4.60. The van der Waals surface area contributed by atoms with Crippen LogP contribution in [0, 0.1) is 28.6 Å². The number of carbonyl (C=O) groups excluding carboxylic acids is 1. The van der Waals surface area contributed by atoms with Crippen LogP contribution in [0.3, 0.4) is 0 Å². The molecule has 0 aromatic carbocycles. The Labute approximate surface area is 127 Å². The molecule has 0 amide bonds. The molecule has 1 unspecified atom stereocenters. The number of hydrogen-bond donors (Lipinski definition) is 1. The van der Waals surface area contributed by atoms with Gasteiger partial charge in [-0.15, -0.1) is 0 Å². The van der Waals surface area contributed by atoms with Gasteiger partial charge >= 0.3 is 0 Å². The van der Waals surface area contributed by atoms with Gasteiger partial charge in [0.25, 0.3) is 0 Å². The molecule has 0 aromatic rings. The summed E-state index contributed by atoms with van der Waals surface area (Å²) in [7, 11) is 0. The topological polar surface area (TPSA) is 37.3 Å². The predicted molar refractivity (Wildman–Crippen MR) is 82.6 cm³/mol. The number of carbonyl (C=O) groups is 1. The van der Waals surface area contributed by atoms with Crippen molar-refractivity contribution in [3.8, 4) is 0 Å². The van der Waals surface area contributed by atoms with Crippen LogP contribution in [0.15, 0.2) is 23.8 Å². The standard InChI is InChI=1S/C19H26O2/c1-18-9-7-13(20)11-12(18)3-4-14-15-5-6-17(21)19(15,2)10-8-16(14)18/h3,5-6,13-16,20H,4,7-11H2,1-2H3/t13-,14-,15-,16?,18-,19-/m0/s1. The summed E-state index contributed by atoms with van der Waals surface area (Å²) < 4.78 is 0. The third-order valence-corrected chi connectivity index (χ3v) is 7.35. The van der Waals surface area contributed by atoms with E-state index in [9.17, 15) is 9.90 Å². The SMILES string of the molecule is C[C@]12CC[C@H](O)CC1=CC[C@@H]1C2CC[C@]2(C)C(=O)C=C[C@@H]12. The van der Waals surface area contributed by atoms with Gasteiger partial charge in [0.2, 0.25) is 0 Å². The molecule has 2 saturated carbocycles. The van der Waals surface area contributed by atoms with Crippen LogP contribution in [-0.2, 0) is 4.79 Å². The second kappa shape index (κ2) is 4.32. The molecule has 0 aliphatic heterocycles. The Morgan fingerprint density at radius 3 is 2.76 bits per heavy atom. The molecule has 0 heterocycles. The minimum absolute atomic E-state index is 0.128. The number of fused-ring (bicyclic) bond motifs is 5. The van der Waals surface area contributed by atoms with Gasteiger partial charge in [-0.25, -0.2) is 0 Å². The van der Waals surface area contributed by atoms with E-state index in [4.69, 9.17) is 0 Å². The van der Waals surface area contributed by atoms with Crippen LogP contribution in [-0.4, -0.2) is 17.0 Å². The fourth-order valence-electron chi connectivity index (χ4n) is 5.92. The molecule has 0 saturated heterocycles. The molecule has 0 spiro atoms. The number of allylic oxidation sites excluding steroid dienone is 3. The molecule has 6 atom stereocenters. The molecule has 2 nitrogen and oxygen atoms in total. The van der Waals surface area contributed by atoms with Crippen LogP contribution in [0.4, 0.5) is 0 Å². The summed E-state index contributed by atoms with van der Waals surface area (Å²) in [5, 5.41) is 9.99. The van der Waals surface area contributed by atoms with Crippen LogP contribution >= 0.6 is 0 Å². The second-order valence-electron chi connectivity index (χ2n) is 8.25. The second-order valence-corrected chi connectivity index (χ2v) is 8.25. The van der Waals surface area contributed by atoms with Gasteiger partial charge in [0, 0.05) is 5.41 Å². The Hall–Kier alpha value is -0.890. The van der Waals surface area contributed by atoms with Crippen molar-refractivity contribution in [1.29, 1.82) is 0 Å². The first-order chi connectivity index (χ1) is 9.95. The quantitative estimate of drug-likeness (QED) is 0.690. The van der Waals surface area contributed by atoms with Crippen LogP contribution < -0.4 is 0 Å². The lowest BCUT2D eigenvalue weighted by molar-refractivity contribution is -0.129. The highest BCUT2D eigenvalue weighted by atomic mass is 16.3. The first kappa shape index (κ1) is 13.8. The van der Waals surface area contributed by atoms with Gasteiger partial charge in [0.1, 0.15) is 0 Å². The number of rotatable bonds is 0. The monoisotopic (exact) mass is 286 g/mol. The van der Waals surface area contributed by atoms with Crippen molar-refractivity contribution in [2.45, 2.75) is 58.5 Å². The molecule has 2 fully saturated rings. The van der Waals surface area contributed by atoms with Crippen molar-refractivity contribution in [2.24, 2.45) is 28.6 Å². The maximum atomic E-state index is 12.3. The van der Waals surface area contributed by atoms with Gasteiger partial charge in [0.05, 0.1) is 6.10 Å². The Bertz CT molecular complexity index is 546. The Morgan fingerprint density at radius 1 is 1.19 bits per heavy atom. The Balaban J connectivity index is 1.71. The molecule has 4 aliphatic rings. The number of hydrogen-bond acceptors (Lipinski definition) is 2. The van der Waals surface area contributed by atoms with Crippen molar-refractivity contribution in [1.82, 2.24) is 0 Å². The number of aliphatic hydroxyl groups excluding tert-OH is 1. The van der Waals surface area contributed by atoms with Gasteiger partial charge in [-0.2, -0.15) is 0 Å². The normalized spacial score (nSPS) is 52.0. The minimum Gasteiger partial charge on any atom is -0.393 e. The maximum Gasteiger partial charge on any atom is 0.161 e. The maximum absolute atomic E-state index is 12.3. The van der Waals surface area contributed by atoms with E-state index in [1.165, 1.54) is 12.0 Å². The van der Waals surface area contributed by atoms with E-state index >= 15 is 0 Å². The molecule has 4 rings (SSSR count).